The Morgan fingerprint density at radius 1 is 1.15 bits per heavy atom. The minimum Gasteiger partial charge on any atom is -0.493 e. The average molecular weight is 377 g/mol. The summed E-state index contributed by atoms with van der Waals surface area (Å²) in [5, 5.41) is 0.326. The number of carbonyl (C=O) groups is 1. The van der Waals surface area contributed by atoms with E-state index in [1.54, 1.807) is 17.0 Å². The molecule has 146 valence electrons. The third kappa shape index (κ3) is 3.97. The van der Waals surface area contributed by atoms with Gasteiger partial charge in [-0.15, -0.1) is 0 Å². The Balaban J connectivity index is 1.79. The second-order valence-corrected chi connectivity index (χ2v) is 6.24. The minimum absolute atomic E-state index is 0.00923. The van der Waals surface area contributed by atoms with Crippen molar-refractivity contribution in [3.8, 4) is 11.5 Å². The van der Waals surface area contributed by atoms with Crippen LogP contribution < -0.4 is 20.7 Å². The van der Waals surface area contributed by atoms with Crippen LogP contribution in [0.3, 0.4) is 0 Å². The molecule has 0 radical (unpaired) electrons. The highest BCUT2D eigenvalue weighted by molar-refractivity contribution is 5.81. The van der Waals surface area contributed by atoms with E-state index < -0.39 is 11.2 Å². The number of ether oxygens (including phenoxy) is 3. The van der Waals surface area contributed by atoms with Gasteiger partial charge in [-0.05, 0) is 12.5 Å². The highest BCUT2D eigenvalue weighted by atomic mass is 16.5. The van der Waals surface area contributed by atoms with E-state index in [0.29, 0.717) is 55.1 Å². The smallest absolute Gasteiger partial charge is 0.328 e. The maximum atomic E-state index is 12.7. The zero-order valence-corrected chi connectivity index (χ0v) is 15.4. The van der Waals surface area contributed by atoms with Gasteiger partial charge in [0.1, 0.15) is 0 Å². The molecule has 0 spiro atoms. The average Bonchev–Trinajstić information content (AvgIpc) is 2.70. The molecule has 1 aromatic heterocycles. The van der Waals surface area contributed by atoms with Crippen molar-refractivity contribution in [2.75, 3.05) is 40.5 Å². The first-order valence-corrected chi connectivity index (χ1v) is 8.79. The second-order valence-electron chi connectivity index (χ2n) is 6.24. The standard InChI is InChI=1S/C18H23N3O6/c1-25-14-10-12-13(11-15(14)26-2)19-18(24)21(17(12)23)5-3-4-16(22)20-6-8-27-9-7-20/h10-11H,3-9H2,1-2H3,(H,19,24). The molecule has 1 N–H and O–H groups in total. The van der Waals surface area contributed by atoms with Gasteiger partial charge in [-0.1, -0.05) is 0 Å². The van der Waals surface area contributed by atoms with Crippen molar-refractivity contribution in [2.24, 2.45) is 0 Å². The van der Waals surface area contributed by atoms with Gasteiger partial charge in [-0.25, -0.2) is 4.79 Å². The van der Waals surface area contributed by atoms with E-state index in [2.05, 4.69) is 4.98 Å². The first-order valence-electron chi connectivity index (χ1n) is 8.79. The predicted molar refractivity (Wildman–Crippen MR) is 98.6 cm³/mol. The molecule has 0 atom stereocenters. The number of morpholine rings is 1. The highest BCUT2D eigenvalue weighted by Crippen LogP contribution is 2.29. The molecule has 9 nitrogen and oxygen atoms in total. The third-order valence-corrected chi connectivity index (χ3v) is 4.62. The van der Waals surface area contributed by atoms with Gasteiger partial charge in [0.25, 0.3) is 5.56 Å². The van der Waals surface area contributed by atoms with Crippen LogP contribution >= 0.6 is 0 Å². The Morgan fingerprint density at radius 2 is 1.81 bits per heavy atom. The summed E-state index contributed by atoms with van der Waals surface area (Å²) in [5.41, 5.74) is -0.560. The van der Waals surface area contributed by atoms with Gasteiger partial charge in [0.15, 0.2) is 11.5 Å². The van der Waals surface area contributed by atoms with E-state index in [-0.39, 0.29) is 18.9 Å². The number of fused-ring (bicyclic) bond motifs is 1. The number of nitrogens with zero attached hydrogens (tertiary/aromatic N) is 2. The summed E-state index contributed by atoms with van der Waals surface area (Å²) in [6, 6.07) is 3.10. The molecular formula is C18H23N3O6. The summed E-state index contributed by atoms with van der Waals surface area (Å²) in [6.07, 6.45) is 0.674. The van der Waals surface area contributed by atoms with E-state index in [1.165, 1.54) is 14.2 Å². The zero-order chi connectivity index (χ0) is 19.4. The number of hydrogen-bond acceptors (Lipinski definition) is 6. The van der Waals surface area contributed by atoms with Crippen LogP contribution in [-0.4, -0.2) is 60.9 Å². The van der Waals surface area contributed by atoms with Crippen LogP contribution in [0.1, 0.15) is 12.8 Å². The monoisotopic (exact) mass is 377 g/mol. The number of hydrogen-bond donors (Lipinski definition) is 1. The summed E-state index contributed by atoms with van der Waals surface area (Å²) in [6.45, 7) is 2.41. The second kappa shape index (κ2) is 8.26. The lowest BCUT2D eigenvalue weighted by atomic mass is 10.2. The van der Waals surface area contributed by atoms with Crippen molar-refractivity contribution in [3.05, 3.63) is 33.0 Å². The maximum absolute atomic E-state index is 12.7. The molecule has 1 fully saturated rings. The van der Waals surface area contributed by atoms with E-state index in [0.717, 1.165) is 4.57 Å². The molecule has 3 rings (SSSR count). The van der Waals surface area contributed by atoms with Crippen LogP contribution in [0.25, 0.3) is 10.9 Å². The van der Waals surface area contributed by atoms with Gasteiger partial charge in [0.2, 0.25) is 5.91 Å². The van der Waals surface area contributed by atoms with Crippen LogP contribution in [0.5, 0.6) is 11.5 Å². The normalized spacial score (nSPS) is 14.4. The largest absolute Gasteiger partial charge is 0.493 e. The fraction of sp³-hybridized carbons (Fsp3) is 0.500. The summed E-state index contributed by atoms with van der Waals surface area (Å²) in [7, 11) is 2.96. The van der Waals surface area contributed by atoms with Crippen molar-refractivity contribution in [3.63, 3.8) is 0 Å². The fourth-order valence-corrected chi connectivity index (χ4v) is 3.14. The summed E-state index contributed by atoms with van der Waals surface area (Å²) in [4.78, 5) is 41.7. The van der Waals surface area contributed by atoms with Gasteiger partial charge in [-0.3, -0.25) is 14.2 Å². The summed E-state index contributed by atoms with van der Waals surface area (Å²) >= 11 is 0. The van der Waals surface area contributed by atoms with Gasteiger partial charge >= 0.3 is 5.69 Å². The van der Waals surface area contributed by atoms with Crippen LogP contribution in [0.2, 0.25) is 0 Å². The van der Waals surface area contributed by atoms with Gasteiger partial charge < -0.3 is 24.1 Å². The molecule has 1 aliphatic rings. The number of rotatable bonds is 6. The molecular weight excluding hydrogens is 354 g/mol. The van der Waals surface area contributed by atoms with Crippen molar-refractivity contribution in [1.29, 1.82) is 0 Å². The number of H-pyrrole nitrogens is 1. The molecule has 2 heterocycles. The lowest BCUT2D eigenvalue weighted by Crippen LogP contribution is -2.41. The maximum Gasteiger partial charge on any atom is 0.328 e. The summed E-state index contributed by atoms with van der Waals surface area (Å²) < 4.78 is 16.8. The molecule has 1 aromatic carbocycles. The van der Waals surface area contributed by atoms with Crippen LogP contribution in [0.4, 0.5) is 0 Å². The Bertz CT molecular complexity index is 942. The Kier molecular flexibility index (Phi) is 5.80. The van der Waals surface area contributed by atoms with Crippen LogP contribution in [-0.2, 0) is 16.1 Å². The molecule has 0 aliphatic carbocycles. The number of aromatic nitrogens is 2. The van der Waals surface area contributed by atoms with Gasteiger partial charge in [0.05, 0.1) is 38.3 Å². The van der Waals surface area contributed by atoms with Crippen molar-refractivity contribution >= 4 is 16.8 Å². The van der Waals surface area contributed by atoms with E-state index in [4.69, 9.17) is 14.2 Å². The first kappa shape index (κ1) is 19.0. The van der Waals surface area contributed by atoms with Crippen LogP contribution in [0.15, 0.2) is 21.7 Å². The first-order chi connectivity index (χ1) is 13.0. The fourth-order valence-electron chi connectivity index (χ4n) is 3.14. The van der Waals surface area contributed by atoms with Crippen molar-refractivity contribution in [2.45, 2.75) is 19.4 Å². The molecule has 27 heavy (non-hydrogen) atoms. The van der Waals surface area contributed by atoms with E-state index in [1.807, 2.05) is 0 Å². The lowest BCUT2D eigenvalue weighted by Gasteiger charge is -2.26. The topological polar surface area (TPSA) is 103 Å². The SMILES string of the molecule is COc1cc2[nH]c(=O)n(CCCC(=O)N3CCOCC3)c(=O)c2cc1OC. The Labute approximate surface area is 155 Å². The minimum atomic E-state index is -0.515. The van der Waals surface area contributed by atoms with Crippen molar-refractivity contribution < 1.29 is 19.0 Å². The van der Waals surface area contributed by atoms with Crippen LogP contribution in [0, 0.1) is 0 Å². The number of benzene rings is 1. The van der Waals surface area contributed by atoms with E-state index >= 15 is 0 Å². The Morgan fingerprint density at radius 3 is 2.48 bits per heavy atom. The third-order valence-electron chi connectivity index (χ3n) is 4.62. The molecule has 0 bridgehead atoms. The van der Waals surface area contributed by atoms with Gasteiger partial charge in [-0.2, -0.15) is 0 Å². The number of aromatic amines is 1. The molecule has 1 amide bonds. The zero-order valence-electron chi connectivity index (χ0n) is 15.4. The Hall–Kier alpha value is -2.81. The number of carbonyl (C=O) groups excluding carboxylic acids is 1. The molecule has 0 saturated carbocycles. The molecule has 0 unspecified atom stereocenters. The number of amides is 1. The van der Waals surface area contributed by atoms with Crippen molar-refractivity contribution in [1.82, 2.24) is 14.5 Å². The molecule has 1 aliphatic heterocycles. The summed E-state index contributed by atoms with van der Waals surface area (Å²) in [5.74, 6) is 0.840. The molecule has 2 aromatic rings. The molecule has 9 heteroatoms. The number of nitrogens with one attached hydrogen (secondary N) is 1. The molecule has 1 saturated heterocycles. The lowest BCUT2D eigenvalue weighted by molar-refractivity contribution is -0.135. The number of methoxy groups -OCH3 is 2. The van der Waals surface area contributed by atoms with Gasteiger partial charge in [0, 0.05) is 32.1 Å². The highest BCUT2D eigenvalue weighted by Gasteiger charge is 2.17. The quantitative estimate of drug-likeness (QED) is 0.779. The predicted octanol–water partition coefficient (Wildman–Crippen LogP) is 0.346. The van der Waals surface area contributed by atoms with E-state index in [9.17, 15) is 14.4 Å².